The third-order valence-corrected chi connectivity index (χ3v) is 10.5. The highest BCUT2D eigenvalue weighted by Crippen LogP contribution is 2.38. The van der Waals surface area contributed by atoms with Crippen LogP contribution in [0, 0.1) is 0 Å². The lowest BCUT2D eigenvalue weighted by Crippen LogP contribution is -1.92. The van der Waals surface area contributed by atoms with Crippen molar-refractivity contribution in [3.8, 4) is 45.1 Å². The van der Waals surface area contributed by atoms with Crippen molar-refractivity contribution in [2.45, 2.75) is 0 Å². The van der Waals surface area contributed by atoms with E-state index >= 15 is 0 Å². The largest absolute Gasteiger partial charge is 0.436 e. The van der Waals surface area contributed by atoms with Gasteiger partial charge in [0, 0.05) is 38.5 Å². The SMILES string of the molecule is c1ccc(-n2c3ccccc3c3cc(-c4cccc(-c5nc6ccc(-c7ccc8c(c7)c7ccccc7n8-c7ccccc7)cc6o5)c4)ccc32)cc1. The first-order valence-corrected chi connectivity index (χ1v) is 18.0. The summed E-state index contributed by atoms with van der Waals surface area (Å²) in [5, 5.41) is 4.92. The van der Waals surface area contributed by atoms with Crippen LogP contribution in [0.2, 0.25) is 0 Å². The summed E-state index contributed by atoms with van der Waals surface area (Å²) in [5.41, 5.74) is 14.1. The first-order chi connectivity index (χ1) is 26.3. The zero-order chi connectivity index (χ0) is 34.9. The molecular weight excluding hydrogens is 647 g/mol. The molecule has 0 atom stereocenters. The van der Waals surface area contributed by atoms with Gasteiger partial charge in [-0.3, -0.25) is 0 Å². The van der Waals surface area contributed by atoms with E-state index in [4.69, 9.17) is 9.40 Å². The van der Waals surface area contributed by atoms with Gasteiger partial charge in [-0.25, -0.2) is 4.98 Å². The normalized spacial score (nSPS) is 11.8. The highest BCUT2D eigenvalue weighted by molar-refractivity contribution is 6.11. The van der Waals surface area contributed by atoms with Crippen molar-refractivity contribution >= 4 is 54.7 Å². The maximum atomic E-state index is 6.49. The Morgan fingerprint density at radius 3 is 1.42 bits per heavy atom. The highest BCUT2D eigenvalue weighted by atomic mass is 16.3. The third-order valence-electron chi connectivity index (χ3n) is 10.5. The Hall–Kier alpha value is -7.17. The molecule has 0 saturated heterocycles. The average molecular weight is 678 g/mol. The van der Waals surface area contributed by atoms with E-state index in [-0.39, 0.29) is 0 Å². The summed E-state index contributed by atoms with van der Waals surface area (Å²) in [6, 6.07) is 66.7. The van der Waals surface area contributed by atoms with Crippen LogP contribution in [0.25, 0.3) is 99.8 Å². The summed E-state index contributed by atoms with van der Waals surface area (Å²) >= 11 is 0. The van der Waals surface area contributed by atoms with E-state index in [1.54, 1.807) is 0 Å². The van der Waals surface area contributed by atoms with Crippen molar-refractivity contribution in [3.05, 3.63) is 188 Å². The number of nitrogens with zero attached hydrogens (tertiary/aromatic N) is 3. The minimum atomic E-state index is 0.613. The minimum Gasteiger partial charge on any atom is -0.436 e. The number of aromatic nitrogens is 3. The Morgan fingerprint density at radius 1 is 0.340 bits per heavy atom. The van der Waals surface area contributed by atoms with E-state index in [0.717, 1.165) is 50.3 Å². The molecule has 0 saturated carbocycles. The first kappa shape index (κ1) is 29.5. The molecule has 11 aromatic rings. The van der Waals surface area contributed by atoms with Crippen molar-refractivity contribution < 1.29 is 4.42 Å². The average Bonchev–Trinajstić information content (AvgIpc) is 3.91. The van der Waals surface area contributed by atoms with E-state index in [9.17, 15) is 0 Å². The van der Waals surface area contributed by atoms with Gasteiger partial charge in [0.1, 0.15) is 5.52 Å². The smallest absolute Gasteiger partial charge is 0.227 e. The van der Waals surface area contributed by atoms with Gasteiger partial charge in [0.2, 0.25) is 5.89 Å². The van der Waals surface area contributed by atoms with E-state index in [2.05, 4.69) is 197 Å². The molecule has 11 rings (SSSR count). The molecule has 0 fully saturated rings. The van der Waals surface area contributed by atoms with Gasteiger partial charge >= 0.3 is 0 Å². The summed E-state index contributed by atoms with van der Waals surface area (Å²) in [4.78, 5) is 4.93. The minimum absolute atomic E-state index is 0.613. The molecule has 248 valence electrons. The fraction of sp³-hybridized carbons (Fsp3) is 0. The summed E-state index contributed by atoms with van der Waals surface area (Å²) < 4.78 is 11.2. The van der Waals surface area contributed by atoms with Crippen molar-refractivity contribution in [3.63, 3.8) is 0 Å². The number of hydrogen-bond acceptors (Lipinski definition) is 2. The van der Waals surface area contributed by atoms with E-state index < -0.39 is 0 Å². The van der Waals surface area contributed by atoms with Gasteiger partial charge in [-0.1, -0.05) is 103 Å². The lowest BCUT2D eigenvalue weighted by atomic mass is 10.0. The molecule has 8 aromatic carbocycles. The van der Waals surface area contributed by atoms with Gasteiger partial charge in [-0.15, -0.1) is 0 Å². The van der Waals surface area contributed by atoms with Crippen LogP contribution in [0.3, 0.4) is 0 Å². The second-order valence-electron chi connectivity index (χ2n) is 13.6. The molecule has 0 radical (unpaired) electrons. The molecule has 0 N–H and O–H groups in total. The summed E-state index contributed by atoms with van der Waals surface area (Å²) in [6.07, 6.45) is 0. The predicted octanol–water partition coefficient (Wildman–Crippen LogP) is 13.0. The second kappa shape index (κ2) is 11.7. The Morgan fingerprint density at radius 2 is 0.811 bits per heavy atom. The van der Waals surface area contributed by atoms with Crippen molar-refractivity contribution in [2.24, 2.45) is 0 Å². The van der Waals surface area contributed by atoms with Crippen molar-refractivity contribution in [1.29, 1.82) is 0 Å². The third kappa shape index (κ3) is 4.73. The van der Waals surface area contributed by atoms with Gasteiger partial charge in [0.25, 0.3) is 0 Å². The van der Waals surface area contributed by atoms with Crippen LogP contribution >= 0.6 is 0 Å². The molecular formula is C49H31N3O. The lowest BCUT2D eigenvalue weighted by molar-refractivity contribution is 0.620. The van der Waals surface area contributed by atoms with Crippen LogP contribution in [-0.2, 0) is 0 Å². The van der Waals surface area contributed by atoms with E-state index in [1.165, 1.54) is 43.6 Å². The monoisotopic (exact) mass is 677 g/mol. The van der Waals surface area contributed by atoms with Crippen LogP contribution in [0.1, 0.15) is 0 Å². The Balaban J connectivity index is 0.965. The first-order valence-electron chi connectivity index (χ1n) is 18.0. The van der Waals surface area contributed by atoms with Crippen molar-refractivity contribution in [2.75, 3.05) is 0 Å². The number of oxazole rings is 1. The van der Waals surface area contributed by atoms with Crippen LogP contribution in [0.4, 0.5) is 0 Å². The zero-order valence-electron chi connectivity index (χ0n) is 28.6. The standard InChI is InChI=1S/C49H31N3O/c1-3-14-37(15-4-1)51-44-20-9-7-18-39(44)41-29-33(23-26-46(41)51)32-12-11-13-36(28-32)49-50-43-25-22-35(31-48(43)53-49)34-24-27-47-42(30-34)40-19-8-10-21-45(40)52(47)38-16-5-2-6-17-38/h1-31H. The number of hydrogen-bond donors (Lipinski definition) is 0. The molecule has 0 spiro atoms. The molecule has 0 aliphatic heterocycles. The van der Waals surface area contributed by atoms with Gasteiger partial charge in [0.05, 0.1) is 22.1 Å². The fourth-order valence-corrected chi connectivity index (χ4v) is 8.07. The van der Waals surface area contributed by atoms with E-state index in [1.807, 2.05) is 0 Å². The topological polar surface area (TPSA) is 35.9 Å². The highest BCUT2D eigenvalue weighted by Gasteiger charge is 2.16. The quantitative estimate of drug-likeness (QED) is 0.182. The van der Waals surface area contributed by atoms with Crippen LogP contribution in [0.5, 0.6) is 0 Å². The lowest BCUT2D eigenvalue weighted by Gasteiger charge is -2.08. The Labute approximate surface area is 305 Å². The molecule has 53 heavy (non-hydrogen) atoms. The fourth-order valence-electron chi connectivity index (χ4n) is 8.07. The van der Waals surface area contributed by atoms with Crippen LogP contribution in [-0.4, -0.2) is 14.1 Å². The van der Waals surface area contributed by atoms with Gasteiger partial charge in [-0.05, 0) is 107 Å². The van der Waals surface area contributed by atoms with Gasteiger partial charge in [0.15, 0.2) is 5.58 Å². The maximum Gasteiger partial charge on any atom is 0.227 e. The number of fused-ring (bicyclic) bond motifs is 7. The summed E-state index contributed by atoms with van der Waals surface area (Å²) in [5.74, 6) is 0.613. The molecule has 4 nitrogen and oxygen atoms in total. The van der Waals surface area contributed by atoms with Crippen LogP contribution < -0.4 is 0 Å². The maximum absolute atomic E-state index is 6.49. The molecule has 3 aromatic heterocycles. The molecule has 0 bridgehead atoms. The number of benzene rings is 8. The Kier molecular flexibility index (Phi) is 6.52. The second-order valence-corrected chi connectivity index (χ2v) is 13.6. The molecule has 4 heteroatoms. The molecule has 0 unspecified atom stereocenters. The van der Waals surface area contributed by atoms with Gasteiger partial charge < -0.3 is 13.6 Å². The van der Waals surface area contributed by atoms with Crippen LogP contribution in [0.15, 0.2) is 192 Å². The number of rotatable bonds is 5. The van der Waals surface area contributed by atoms with Crippen molar-refractivity contribution in [1.82, 2.24) is 14.1 Å². The summed E-state index contributed by atoms with van der Waals surface area (Å²) in [6.45, 7) is 0. The summed E-state index contributed by atoms with van der Waals surface area (Å²) in [7, 11) is 0. The Bertz CT molecular complexity index is 3170. The molecule has 0 amide bonds. The molecule has 0 aliphatic rings. The van der Waals surface area contributed by atoms with Gasteiger partial charge in [-0.2, -0.15) is 0 Å². The number of para-hydroxylation sites is 4. The predicted molar refractivity (Wildman–Crippen MR) is 219 cm³/mol. The molecule has 3 heterocycles. The van der Waals surface area contributed by atoms with E-state index in [0.29, 0.717) is 5.89 Å². The molecule has 0 aliphatic carbocycles. The zero-order valence-corrected chi connectivity index (χ0v) is 28.6.